The van der Waals surface area contributed by atoms with Crippen molar-refractivity contribution in [1.29, 1.82) is 0 Å². The summed E-state index contributed by atoms with van der Waals surface area (Å²) in [6.07, 6.45) is 10.1. The van der Waals surface area contributed by atoms with Crippen molar-refractivity contribution in [2.75, 3.05) is 20.8 Å². The fraction of sp³-hybridized carbons (Fsp3) is 0.556. The predicted octanol–water partition coefficient (Wildman–Crippen LogP) is 2.63. The Hall–Kier alpha value is -1.72. The predicted molar refractivity (Wildman–Crippen MR) is 86.6 cm³/mol. The summed E-state index contributed by atoms with van der Waals surface area (Å²) in [4.78, 5) is 22.2. The number of ether oxygens (including phenoxy) is 1. The molecule has 0 aromatic carbocycles. The van der Waals surface area contributed by atoms with Crippen molar-refractivity contribution in [3.05, 3.63) is 42.2 Å². The molecule has 1 fully saturated rings. The molecule has 1 spiro atoms. The fourth-order valence-electron chi connectivity index (χ4n) is 3.78. The molecule has 3 rings (SSSR count). The van der Waals surface area contributed by atoms with Crippen LogP contribution < -0.4 is 0 Å². The Bertz CT molecular complexity index is 589. The third kappa shape index (κ3) is 3.16. The summed E-state index contributed by atoms with van der Waals surface area (Å²) in [7, 11) is 3.16. The van der Waals surface area contributed by atoms with Crippen LogP contribution in [0, 0.1) is 0 Å². The number of nitrogens with zero attached hydrogens (tertiary/aromatic N) is 2. The van der Waals surface area contributed by atoms with Gasteiger partial charge < -0.3 is 4.74 Å². The molecule has 2 aliphatic rings. The van der Waals surface area contributed by atoms with Gasteiger partial charge in [-0.05, 0) is 37.8 Å². The number of carbonyl (C=O) groups is 1. The van der Waals surface area contributed by atoms with Crippen molar-refractivity contribution in [3.8, 4) is 0 Å². The summed E-state index contributed by atoms with van der Waals surface area (Å²) in [6, 6.07) is 5.92. The third-order valence-electron chi connectivity index (χ3n) is 5.09. The lowest BCUT2D eigenvalue weighted by atomic mass is 9.68. The standard InChI is InChI=1S/C18H24N2O3/c1-20(22-2)16(21)13-17(15-7-3-6-11-19-15)10-12-23-18(14-17)8-4-5-9-18/h3-4,6-8,11H,5,9-10,12-14H2,1-2H3/t17?,18-/m1/s1. The minimum absolute atomic E-state index is 0.0304. The second-order valence-corrected chi connectivity index (χ2v) is 6.53. The van der Waals surface area contributed by atoms with Gasteiger partial charge in [0.25, 0.3) is 0 Å². The summed E-state index contributed by atoms with van der Waals surface area (Å²) in [5.74, 6) is -0.0304. The van der Waals surface area contributed by atoms with Crippen LogP contribution in [0.1, 0.15) is 37.8 Å². The summed E-state index contributed by atoms with van der Waals surface area (Å²) in [5.41, 5.74) is 0.417. The number of hydroxylamine groups is 2. The summed E-state index contributed by atoms with van der Waals surface area (Å²) in [6.45, 7) is 0.644. The number of aromatic nitrogens is 1. The van der Waals surface area contributed by atoms with E-state index in [1.807, 2.05) is 18.2 Å². The number of carbonyl (C=O) groups excluding carboxylic acids is 1. The van der Waals surface area contributed by atoms with Crippen LogP contribution in [-0.2, 0) is 19.8 Å². The largest absolute Gasteiger partial charge is 0.371 e. The Morgan fingerprint density at radius 2 is 2.30 bits per heavy atom. The highest BCUT2D eigenvalue weighted by atomic mass is 16.7. The highest BCUT2D eigenvalue weighted by Crippen LogP contribution is 2.47. The molecule has 1 saturated heterocycles. The van der Waals surface area contributed by atoms with Gasteiger partial charge in [-0.1, -0.05) is 18.2 Å². The number of hydrogen-bond acceptors (Lipinski definition) is 4. The molecule has 5 heteroatoms. The molecule has 1 aromatic rings. The summed E-state index contributed by atoms with van der Waals surface area (Å²) in [5, 5.41) is 1.30. The Kier molecular flexibility index (Phi) is 4.50. The lowest BCUT2D eigenvalue weighted by Crippen LogP contribution is -2.48. The Morgan fingerprint density at radius 3 is 2.96 bits per heavy atom. The Morgan fingerprint density at radius 1 is 1.43 bits per heavy atom. The van der Waals surface area contributed by atoms with Crippen LogP contribution in [0.5, 0.6) is 0 Å². The molecule has 2 heterocycles. The molecule has 0 saturated carbocycles. The van der Waals surface area contributed by atoms with Crippen LogP contribution in [-0.4, -0.2) is 42.3 Å². The number of pyridine rings is 1. The first-order valence-electron chi connectivity index (χ1n) is 8.13. The van der Waals surface area contributed by atoms with Gasteiger partial charge in [-0.3, -0.25) is 14.6 Å². The normalized spacial score (nSPS) is 29.8. The van der Waals surface area contributed by atoms with E-state index in [0.717, 1.165) is 31.4 Å². The molecule has 1 aliphatic heterocycles. The average Bonchev–Trinajstić information content (AvgIpc) is 3.02. The molecule has 0 bridgehead atoms. The smallest absolute Gasteiger partial charge is 0.246 e. The van der Waals surface area contributed by atoms with Gasteiger partial charge in [0, 0.05) is 37.4 Å². The van der Waals surface area contributed by atoms with Gasteiger partial charge >= 0.3 is 0 Å². The summed E-state index contributed by atoms with van der Waals surface area (Å²) < 4.78 is 6.10. The van der Waals surface area contributed by atoms with Crippen molar-refractivity contribution in [2.24, 2.45) is 0 Å². The van der Waals surface area contributed by atoms with Crippen LogP contribution in [0.25, 0.3) is 0 Å². The van der Waals surface area contributed by atoms with Crippen LogP contribution >= 0.6 is 0 Å². The van der Waals surface area contributed by atoms with Gasteiger partial charge in [-0.2, -0.15) is 0 Å². The molecule has 5 nitrogen and oxygen atoms in total. The third-order valence-corrected chi connectivity index (χ3v) is 5.09. The van der Waals surface area contributed by atoms with Gasteiger partial charge in [0.05, 0.1) is 12.7 Å². The van der Waals surface area contributed by atoms with Crippen LogP contribution in [0.4, 0.5) is 0 Å². The lowest BCUT2D eigenvalue weighted by Gasteiger charge is -2.45. The molecule has 124 valence electrons. The number of amides is 1. The van der Waals surface area contributed by atoms with E-state index in [2.05, 4.69) is 17.1 Å². The topological polar surface area (TPSA) is 51.7 Å². The molecule has 1 aromatic heterocycles. The van der Waals surface area contributed by atoms with E-state index in [9.17, 15) is 4.79 Å². The first-order chi connectivity index (χ1) is 11.1. The van der Waals surface area contributed by atoms with Crippen molar-refractivity contribution in [3.63, 3.8) is 0 Å². The van der Waals surface area contributed by atoms with Crippen LogP contribution in [0.3, 0.4) is 0 Å². The average molecular weight is 316 g/mol. The second-order valence-electron chi connectivity index (χ2n) is 6.53. The van der Waals surface area contributed by atoms with E-state index in [4.69, 9.17) is 9.57 Å². The maximum Gasteiger partial charge on any atom is 0.246 e. The minimum Gasteiger partial charge on any atom is -0.371 e. The fourth-order valence-corrected chi connectivity index (χ4v) is 3.78. The maximum absolute atomic E-state index is 12.5. The van der Waals surface area contributed by atoms with E-state index < -0.39 is 0 Å². The molecule has 1 amide bonds. The summed E-state index contributed by atoms with van der Waals surface area (Å²) >= 11 is 0. The zero-order chi connectivity index (χ0) is 16.3. The molecule has 1 aliphatic carbocycles. The van der Waals surface area contributed by atoms with Crippen LogP contribution in [0.2, 0.25) is 0 Å². The van der Waals surface area contributed by atoms with Crippen molar-refractivity contribution < 1.29 is 14.4 Å². The van der Waals surface area contributed by atoms with Gasteiger partial charge in [-0.15, -0.1) is 0 Å². The number of hydrogen-bond donors (Lipinski definition) is 0. The quantitative estimate of drug-likeness (QED) is 0.633. The highest BCUT2D eigenvalue weighted by molar-refractivity contribution is 5.76. The SMILES string of the molecule is CON(C)C(=O)CC1(c2ccccn2)CCO[C@@]2(C=CCC2)C1. The zero-order valence-corrected chi connectivity index (χ0v) is 13.8. The van der Waals surface area contributed by atoms with Gasteiger partial charge in [-0.25, -0.2) is 5.06 Å². The molecule has 1 unspecified atom stereocenters. The first-order valence-corrected chi connectivity index (χ1v) is 8.13. The van der Waals surface area contributed by atoms with Gasteiger partial charge in [0.2, 0.25) is 5.91 Å². The number of rotatable bonds is 4. The maximum atomic E-state index is 12.5. The molecule has 23 heavy (non-hydrogen) atoms. The van der Waals surface area contributed by atoms with E-state index in [-0.39, 0.29) is 16.9 Å². The number of allylic oxidation sites excluding steroid dienone is 1. The van der Waals surface area contributed by atoms with Crippen molar-refractivity contribution in [2.45, 2.75) is 43.1 Å². The molecular weight excluding hydrogens is 292 g/mol. The van der Waals surface area contributed by atoms with Gasteiger partial charge in [0.15, 0.2) is 0 Å². The Labute approximate surface area is 137 Å². The minimum atomic E-state index is -0.307. The first kappa shape index (κ1) is 16.1. The molecule has 0 N–H and O–H groups in total. The molecular formula is C18H24N2O3. The van der Waals surface area contributed by atoms with E-state index in [1.165, 1.54) is 12.2 Å². The second kappa shape index (κ2) is 6.42. The highest BCUT2D eigenvalue weighted by Gasteiger charge is 2.48. The van der Waals surface area contributed by atoms with Crippen molar-refractivity contribution >= 4 is 5.91 Å². The zero-order valence-electron chi connectivity index (χ0n) is 13.8. The van der Waals surface area contributed by atoms with Gasteiger partial charge in [0.1, 0.15) is 0 Å². The van der Waals surface area contributed by atoms with E-state index >= 15 is 0 Å². The Balaban J connectivity index is 1.94. The van der Waals surface area contributed by atoms with Crippen molar-refractivity contribution in [1.82, 2.24) is 10.0 Å². The lowest BCUT2D eigenvalue weighted by molar-refractivity contribution is -0.172. The molecule has 0 radical (unpaired) electrons. The molecule has 2 atom stereocenters. The monoisotopic (exact) mass is 316 g/mol. The van der Waals surface area contributed by atoms with Crippen LogP contribution in [0.15, 0.2) is 36.5 Å². The van der Waals surface area contributed by atoms with E-state index in [0.29, 0.717) is 13.0 Å². The van der Waals surface area contributed by atoms with E-state index in [1.54, 1.807) is 13.2 Å².